The van der Waals surface area contributed by atoms with Gasteiger partial charge in [-0.05, 0) is 25.7 Å². The molecule has 11 nitrogen and oxygen atoms in total. The maximum Gasteiger partial charge on any atom is 0.273 e. The summed E-state index contributed by atoms with van der Waals surface area (Å²) in [6, 6.07) is -2.33. The molecular formula is C24H36N6O5S. The van der Waals surface area contributed by atoms with Crippen molar-refractivity contribution in [1.29, 1.82) is 0 Å². The van der Waals surface area contributed by atoms with Gasteiger partial charge in [0.25, 0.3) is 11.8 Å². The Morgan fingerprint density at radius 2 is 1.75 bits per heavy atom. The Labute approximate surface area is 215 Å². The van der Waals surface area contributed by atoms with Crippen LogP contribution in [0.2, 0.25) is 0 Å². The third kappa shape index (κ3) is 6.48. The van der Waals surface area contributed by atoms with E-state index in [1.54, 1.807) is 19.2 Å². The number of rotatable bonds is 3. The highest BCUT2D eigenvalue weighted by molar-refractivity contribution is 7.09. The molecule has 1 aliphatic heterocycles. The highest BCUT2D eigenvalue weighted by Gasteiger charge is 2.31. The number of aromatic nitrogens is 2. The van der Waals surface area contributed by atoms with Crippen molar-refractivity contribution in [2.45, 2.75) is 78.2 Å². The molecule has 0 aliphatic carbocycles. The molecule has 0 spiro atoms. The fraction of sp³-hybridized carbons (Fsp3) is 0.625. The monoisotopic (exact) mass is 520 g/mol. The Morgan fingerprint density at radius 1 is 1.06 bits per heavy atom. The van der Waals surface area contributed by atoms with Crippen LogP contribution in [0.15, 0.2) is 16.1 Å². The summed E-state index contributed by atoms with van der Waals surface area (Å²) in [6.45, 7) is 11.5. The van der Waals surface area contributed by atoms with E-state index in [2.05, 4.69) is 25.9 Å². The normalized spacial score (nSPS) is 27.3. The number of hydrogen-bond acceptors (Lipinski definition) is 9. The first-order valence-electron chi connectivity index (χ1n) is 12.2. The molecule has 6 atom stereocenters. The van der Waals surface area contributed by atoms with Crippen molar-refractivity contribution < 1.29 is 23.5 Å². The molecular weight excluding hydrogens is 484 g/mol. The minimum atomic E-state index is -0.966. The van der Waals surface area contributed by atoms with Crippen molar-refractivity contribution >= 4 is 29.1 Å². The van der Waals surface area contributed by atoms with Gasteiger partial charge in [0.15, 0.2) is 5.69 Å². The topological polar surface area (TPSA) is 161 Å². The number of oxazole rings is 1. The Balaban J connectivity index is 1.97. The first-order chi connectivity index (χ1) is 17.0. The zero-order chi connectivity index (χ0) is 26.6. The maximum absolute atomic E-state index is 13.1. The summed E-state index contributed by atoms with van der Waals surface area (Å²) in [7, 11) is 0. The number of fused-ring (bicyclic) bond motifs is 4. The quantitative estimate of drug-likeness (QED) is 0.479. The fourth-order valence-electron chi connectivity index (χ4n) is 3.68. The largest absolute Gasteiger partial charge is 0.446 e. The molecule has 5 N–H and O–H groups in total. The molecule has 0 fully saturated rings. The molecule has 0 saturated carbocycles. The lowest BCUT2D eigenvalue weighted by Gasteiger charge is -2.25. The minimum Gasteiger partial charge on any atom is -0.446 e. The second kappa shape index (κ2) is 11.9. The van der Waals surface area contributed by atoms with E-state index in [4.69, 9.17) is 14.9 Å². The summed E-state index contributed by atoms with van der Waals surface area (Å²) in [5, 5.41) is 11.0. The van der Waals surface area contributed by atoms with Crippen LogP contribution in [0.4, 0.5) is 0 Å². The number of ether oxygens (including phenoxy) is 1. The predicted octanol–water partition coefficient (Wildman–Crippen LogP) is 2.33. The van der Waals surface area contributed by atoms with Gasteiger partial charge >= 0.3 is 0 Å². The number of nitrogens with one attached hydrogen (secondary N) is 3. The summed E-state index contributed by atoms with van der Waals surface area (Å²) in [5.41, 5.74) is 6.49. The first-order valence-corrected chi connectivity index (χ1v) is 13.1. The third-order valence-electron chi connectivity index (χ3n) is 6.30. The molecule has 2 aromatic rings. The van der Waals surface area contributed by atoms with Gasteiger partial charge in [0.2, 0.25) is 11.8 Å². The van der Waals surface area contributed by atoms with Crippen LogP contribution in [0.3, 0.4) is 0 Å². The Hall–Kier alpha value is -2.83. The number of amides is 3. The van der Waals surface area contributed by atoms with Gasteiger partial charge < -0.3 is 30.8 Å². The lowest BCUT2D eigenvalue weighted by molar-refractivity contribution is -0.127. The van der Waals surface area contributed by atoms with Crippen molar-refractivity contribution in [2.75, 3.05) is 6.61 Å². The lowest BCUT2D eigenvalue weighted by atomic mass is 9.99. The van der Waals surface area contributed by atoms with E-state index in [-0.39, 0.29) is 47.7 Å². The van der Waals surface area contributed by atoms with E-state index >= 15 is 0 Å². The summed E-state index contributed by atoms with van der Waals surface area (Å²) in [4.78, 5) is 47.6. The molecule has 0 radical (unpaired) electrons. The average Bonchev–Trinajstić information content (AvgIpc) is 3.52. The molecule has 2 aromatic heterocycles. The van der Waals surface area contributed by atoms with E-state index in [0.717, 1.165) is 6.42 Å². The second-order valence-electron chi connectivity index (χ2n) is 9.65. The van der Waals surface area contributed by atoms with Crippen molar-refractivity contribution in [1.82, 2.24) is 25.9 Å². The van der Waals surface area contributed by atoms with Gasteiger partial charge in [-0.2, -0.15) is 0 Å². The van der Waals surface area contributed by atoms with Crippen LogP contribution in [0.1, 0.15) is 91.9 Å². The van der Waals surface area contributed by atoms with E-state index in [0.29, 0.717) is 5.01 Å². The minimum absolute atomic E-state index is 0.0505. The molecule has 36 heavy (non-hydrogen) atoms. The summed E-state index contributed by atoms with van der Waals surface area (Å²) < 4.78 is 11.4. The number of hydrogen-bond donors (Lipinski definition) is 4. The molecule has 0 aromatic carbocycles. The van der Waals surface area contributed by atoms with Gasteiger partial charge in [-0.1, -0.05) is 34.1 Å². The Bertz CT molecular complexity index is 1070. The molecule has 1 aliphatic rings. The van der Waals surface area contributed by atoms with Crippen LogP contribution in [0.25, 0.3) is 0 Å². The van der Waals surface area contributed by atoms with Gasteiger partial charge in [0.05, 0.1) is 18.8 Å². The zero-order valence-electron chi connectivity index (χ0n) is 21.5. The predicted molar refractivity (Wildman–Crippen MR) is 134 cm³/mol. The highest BCUT2D eigenvalue weighted by atomic mass is 32.1. The van der Waals surface area contributed by atoms with Crippen molar-refractivity contribution in [2.24, 2.45) is 17.6 Å². The van der Waals surface area contributed by atoms with Crippen LogP contribution in [-0.4, -0.2) is 52.5 Å². The van der Waals surface area contributed by atoms with Gasteiger partial charge in [-0.25, -0.2) is 9.97 Å². The molecule has 3 amide bonds. The van der Waals surface area contributed by atoms with Gasteiger partial charge in [-0.3, -0.25) is 14.4 Å². The highest BCUT2D eigenvalue weighted by Crippen LogP contribution is 2.28. The van der Waals surface area contributed by atoms with Crippen molar-refractivity contribution in [3.8, 4) is 0 Å². The average molecular weight is 521 g/mol. The van der Waals surface area contributed by atoms with Crippen molar-refractivity contribution in [3.63, 3.8) is 0 Å². The second-order valence-corrected chi connectivity index (χ2v) is 10.5. The SMILES string of the molecule is CCC(C)[C@H]1NC(=O)c2coc(n2)C(C(C)C)NC(=O)[C@@H](N)[C@@H](C)OC[C@H](C)NC(=O)c2csc1n2. The number of thiazole rings is 1. The summed E-state index contributed by atoms with van der Waals surface area (Å²) in [5.74, 6) is -1.05. The van der Waals surface area contributed by atoms with E-state index < -0.39 is 36.0 Å². The standard InChI is InChI=1S/C24H36N6O5S/c1-7-12(4)19-24-28-16(10-36-24)21(32)26-13(5)8-34-14(6)17(25)22(33)29-18(11(2)3)23-27-15(9-35-23)20(31)30-19/h9-14,17-19H,7-8,25H2,1-6H3,(H,26,32)(H,29,33)(H,30,31)/t12?,13-,14+,17-,18?,19+/m0/s1. The molecule has 198 valence electrons. The molecule has 4 bridgehead atoms. The van der Waals surface area contributed by atoms with Gasteiger partial charge in [-0.15, -0.1) is 11.3 Å². The van der Waals surface area contributed by atoms with Crippen LogP contribution in [0, 0.1) is 11.8 Å². The number of carbonyl (C=O) groups excluding carboxylic acids is 3. The summed E-state index contributed by atoms with van der Waals surface area (Å²) in [6.07, 6.45) is 1.43. The summed E-state index contributed by atoms with van der Waals surface area (Å²) >= 11 is 1.31. The van der Waals surface area contributed by atoms with Crippen molar-refractivity contribution in [3.05, 3.63) is 33.9 Å². The van der Waals surface area contributed by atoms with Gasteiger partial charge in [0, 0.05) is 11.4 Å². The van der Waals surface area contributed by atoms with Crippen LogP contribution in [0.5, 0.6) is 0 Å². The van der Waals surface area contributed by atoms with Crippen LogP contribution < -0.4 is 21.7 Å². The zero-order valence-corrected chi connectivity index (χ0v) is 22.3. The first kappa shape index (κ1) is 27.8. The molecule has 3 rings (SSSR count). The lowest BCUT2D eigenvalue weighted by Crippen LogP contribution is -2.50. The smallest absolute Gasteiger partial charge is 0.273 e. The molecule has 3 heterocycles. The van der Waals surface area contributed by atoms with E-state index in [9.17, 15) is 14.4 Å². The molecule has 12 heteroatoms. The third-order valence-corrected chi connectivity index (χ3v) is 7.23. The molecule has 0 saturated heterocycles. The maximum atomic E-state index is 13.1. The number of carbonyl (C=O) groups is 3. The fourth-order valence-corrected chi connectivity index (χ4v) is 4.66. The van der Waals surface area contributed by atoms with E-state index in [1.807, 2.05) is 27.7 Å². The number of nitrogens with zero attached hydrogens (tertiary/aromatic N) is 2. The van der Waals surface area contributed by atoms with Gasteiger partial charge in [0.1, 0.15) is 29.0 Å². The Morgan fingerprint density at radius 3 is 2.42 bits per heavy atom. The molecule has 2 unspecified atom stereocenters. The van der Waals surface area contributed by atoms with E-state index in [1.165, 1.54) is 17.6 Å². The Kier molecular flexibility index (Phi) is 9.20. The number of nitrogens with two attached hydrogens (primary N) is 1. The van der Waals surface area contributed by atoms with Crippen LogP contribution in [-0.2, 0) is 9.53 Å². The van der Waals surface area contributed by atoms with Crippen LogP contribution >= 0.6 is 11.3 Å².